The molecular weight excluding hydrogens is 336 g/mol. The van der Waals surface area contributed by atoms with Crippen molar-refractivity contribution in [2.45, 2.75) is 26.4 Å². The summed E-state index contributed by atoms with van der Waals surface area (Å²) >= 11 is 0. The van der Waals surface area contributed by atoms with Crippen molar-refractivity contribution in [1.29, 1.82) is 5.26 Å². The summed E-state index contributed by atoms with van der Waals surface area (Å²) in [6, 6.07) is 8.70. The maximum Gasteiger partial charge on any atom is 0.347 e. The topological polar surface area (TPSA) is 131 Å². The lowest BCUT2D eigenvalue weighted by Crippen LogP contribution is -2.23. The van der Waals surface area contributed by atoms with Crippen LogP contribution in [0.3, 0.4) is 0 Å². The average Bonchev–Trinajstić information content (AvgIpc) is 2.65. The fraction of sp³-hybridized carbons (Fsp3) is 0.333. The molecule has 0 aliphatic carbocycles. The number of hydrogen-bond acceptors (Lipinski definition) is 8. The van der Waals surface area contributed by atoms with Gasteiger partial charge >= 0.3 is 5.97 Å². The Bertz CT molecular complexity index is 828. The number of ether oxygens (including phenoxy) is 2. The van der Waals surface area contributed by atoms with Crippen LogP contribution < -0.4 is 10.5 Å². The summed E-state index contributed by atoms with van der Waals surface area (Å²) < 4.78 is 10.7. The molecule has 0 saturated carbocycles. The van der Waals surface area contributed by atoms with E-state index >= 15 is 0 Å². The molecule has 136 valence electrons. The molecule has 0 amide bonds. The third kappa shape index (κ3) is 4.26. The van der Waals surface area contributed by atoms with E-state index in [-0.39, 0.29) is 36.3 Å². The zero-order chi connectivity index (χ0) is 19.1. The number of nitrogen functional groups attached to an aromatic ring is 1. The Morgan fingerprint density at radius 2 is 2.15 bits per heavy atom. The van der Waals surface area contributed by atoms with Crippen molar-refractivity contribution in [3.05, 3.63) is 35.4 Å². The number of rotatable bonds is 7. The van der Waals surface area contributed by atoms with Crippen LogP contribution in [0.15, 0.2) is 24.3 Å². The minimum atomic E-state index is -0.704. The largest absolute Gasteiger partial charge is 0.471 e. The first kappa shape index (κ1) is 19.1. The van der Waals surface area contributed by atoms with Crippen molar-refractivity contribution in [2.75, 3.05) is 18.9 Å². The number of carbonyl (C=O) groups is 1. The molecule has 26 heavy (non-hydrogen) atoms. The van der Waals surface area contributed by atoms with E-state index in [1.54, 1.807) is 31.2 Å². The number of nitrogens with two attached hydrogens (primary N) is 1. The van der Waals surface area contributed by atoms with Crippen LogP contribution in [0.4, 0.5) is 5.82 Å². The zero-order valence-corrected chi connectivity index (χ0v) is 14.6. The molecule has 8 heteroatoms. The van der Waals surface area contributed by atoms with E-state index in [0.29, 0.717) is 17.5 Å². The first-order valence-electron chi connectivity index (χ1n) is 8.16. The van der Waals surface area contributed by atoms with Gasteiger partial charge in [0.1, 0.15) is 11.9 Å². The predicted molar refractivity (Wildman–Crippen MR) is 94.3 cm³/mol. The van der Waals surface area contributed by atoms with E-state index in [1.165, 1.54) is 0 Å². The molecule has 8 nitrogen and oxygen atoms in total. The summed E-state index contributed by atoms with van der Waals surface area (Å²) in [6.07, 6.45) is -0.0576. The highest BCUT2D eigenvalue weighted by Gasteiger charge is 2.24. The first-order chi connectivity index (χ1) is 12.5. The van der Waals surface area contributed by atoms with Crippen LogP contribution in [0, 0.1) is 11.3 Å². The molecule has 0 aliphatic heterocycles. The minimum absolute atomic E-state index is 0.0609. The van der Waals surface area contributed by atoms with Crippen LogP contribution in [-0.4, -0.2) is 40.4 Å². The summed E-state index contributed by atoms with van der Waals surface area (Å²) in [5, 5.41) is 18.4. The molecule has 3 N–H and O–H groups in total. The van der Waals surface area contributed by atoms with E-state index in [1.807, 2.05) is 13.0 Å². The number of nitrogens with zero attached hydrogens (tertiary/aromatic N) is 3. The molecule has 0 aliphatic rings. The Labute approximate surface area is 151 Å². The van der Waals surface area contributed by atoms with Crippen molar-refractivity contribution in [2.24, 2.45) is 0 Å². The Hall–Kier alpha value is -3.18. The maximum atomic E-state index is 12.2. The Kier molecular flexibility index (Phi) is 6.47. The standard InChI is InChI=1S/C18H20N4O4/c1-3-13(10-23)26-17-14(18(24)25-4-2)15(20)21-16(22-17)12-7-5-6-11(8-12)9-19/h5-8,13,23H,3-4,10H2,1-2H3,(H2,20,21,22)/t13-/m0/s1. The molecule has 1 aromatic carbocycles. The van der Waals surface area contributed by atoms with Crippen molar-refractivity contribution >= 4 is 11.8 Å². The van der Waals surface area contributed by atoms with E-state index in [0.717, 1.165) is 0 Å². The van der Waals surface area contributed by atoms with E-state index in [9.17, 15) is 9.90 Å². The van der Waals surface area contributed by atoms with E-state index in [4.69, 9.17) is 20.5 Å². The number of hydrogen-bond donors (Lipinski definition) is 2. The number of esters is 1. The zero-order valence-electron chi connectivity index (χ0n) is 14.6. The van der Waals surface area contributed by atoms with Crippen LogP contribution in [0.5, 0.6) is 5.88 Å². The van der Waals surface area contributed by atoms with Crippen molar-refractivity contribution < 1.29 is 19.4 Å². The van der Waals surface area contributed by atoms with Gasteiger partial charge in [0, 0.05) is 5.56 Å². The quantitative estimate of drug-likeness (QED) is 0.719. The summed E-state index contributed by atoms with van der Waals surface area (Å²) in [4.78, 5) is 20.7. The fourth-order valence-electron chi connectivity index (χ4n) is 2.20. The van der Waals surface area contributed by atoms with Gasteiger partial charge in [0.25, 0.3) is 0 Å². The van der Waals surface area contributed by atoms with Crippen LogP contribution in [0.25, 0.3) is 11.4 Å². The monoisotopic (exact) mass is 356 g/mol. The highest BCUT2D eigenvalue weighted by Crippen LogP contribution is 2.28. The average molecular weight is 356 g/mol. The van der Waals surface area contributed by atoms with Gasteiger partial charge in [0.2, 0.25) is 5.88 Å². The molecule has 2 rings (SSSR count). The molecule has 0 spiro atoms. The van der Waals surface area contributed by atoms with Gasteiger partial charge in [-0.2, -0.15) is 10.2 Å². The van der Waals surface area contributed by atoms with Crippen LogP contribution in [-0.2, 0) is 4.74 Å². The Morgan fingerprint density at radius 3 is 2.77 bits per heavy atom. The summed E-state index contributed by atoms with van der Waals surface area (Å²) in [5.74, 6) is -0.659. The highest BCUT2D eigenvalue weighted by molar-refractivity contribution is 5.97. The summed E-state index contributed by atoms with van der Waals surface area (Å²) in [7, 11) is 0. The Balaban J connectivity index is 2.57. The van der Waals surface area contributed by atoms with Crippen molar-refractivity contribution in [1.82, 2.24) is 9.97 Å². The van der Waals surface area contributed by atoms with E-state index < -0.39 is 12.1 Å². The molecule has 0 radical (unpaired) electrons. The number of aliphatic hydroxyl groups is 1. The fourth-order valence-corrected chi connectivity index (χ4v) is 2.20. The maximum absolute atomic E-state index is 12.2. The van der Waals surface area contributed by atoms with Crippen molar-refractivity contribution in [3.8, 4) is 23.3 Å². The second-order valence-corrected chi connectivity index (χ2v) is 5.36. The van der Waals surface area contributed by atoms with Gasteiger partial charge in [-0.25, -0.2) is 9.78 Å². The number of anilines is 1. The predicted octanol–water partition coefficient (Wildman–Crippen LogP) is 1.92. The van der Waals surface area contributed by atoms with Gasteiger partial charge < -0.3 is 20.3 Å². The molecule has 2 aromatic rings. The lowest BCUT2D eigenvalue weighted by molar-refractivity contribution is 0.0510. The van der Waals surface area contributed by atoms with Gasteiger partial charge in [-0.05, 0) is 25.5 Å². The number of carbonyl (C=O) groups excluding carboxylic acids is 1. The lowest BCUT2D eigenvalue weighted by atomic mass is 10.1. The smallest absolute Gasteiger partial charge is 0.347 e. The number of aromatic nitrogens is 2. The Morgan fingerprint density at radius 1 is 1.38 bits per heavy atom. The number of benzene rings is 1. The SMILES string of the molecule is CCOC(=O)c1c(N)nc(-c2cccc(C#N)c2)nc1O[C@@H](CC)CO. The second-order valence-electron chi connectivity index (χ2n) is 5.36. The van der Waals surface area contributed by atoms with Gasteiger partial charge in [0.15, 0.2) is 11.4 Å². The molecule has 1 atom stereocenters. The normalized spacial score (nSPS) is 11.5. The van der Waals surface area contributed by atoms with Gasteiger partial charge in [-0.1, -0.05) is 19.1 Å². The molecule has 0 unspecified atom stereocenters. The molecular formula is C18H20N4O4. The minimum Gasteiger partial charge on any atom is -0.471 e. The van der Waals surface area contributed by atoms with Crippen LogP contribution >= 0.6 is 0 Å². The highest BCUT2D eigenvalue weighted by atomic mass is 16.5. The first-order valence-corrected chi connectivity index (χ1v) is 8.16. The van der Waals surface area contributed by atoms with Crippen molar-refractivity contribution in [3.63, 3.8) is 0 Å². The lowest BCUT2D eigenvalue weighted by Gasteiger charge is -2.18. The van der Waals surface area contributed by atoms with Gasteiger partial charge in [0.05, 0.1) is 24.8 Å². The second kappa shape index (κ2) is 8.78. The van der Waals surface area contributed by atoms with E-state index in [2.05, 4.69) is 9.97 Å². The van der Waals surface area contributed by atoms with Gasteiger partial charge in [-0.15, -0.1) is 0 Å². The molecule has 0 fully saturated rings. The van der Waals surface area contributed by atoms with Crippen LogP contribution in [0.2, 0.25) is 0 Å². The molecule has 1 heterocycles. The molecule has 0 saturated heterocycles. The van der Waals surface area contributed by atoms with Crippen LogP contribution in [0.1, 0.15) is 36.2 Å². The molecule has 1 aromatic heterocycles. The number of aliphatic hydroxyl groups excluding tert-OH is 1. The number of nitriles is 1. The van der Waals surface area contributed by atoms with Gasteiger partial charge in [-0.3, -0.25) is 0 Å². The third-order valence-corrected chi connectivity index (χ3v) is 3.57. The summed E-state index contributed by atoms with van der Waals surface area (Å²) in [6.45, 7) is 3.40. The molecule has 0 bridgehead atoms. The summed E-state index contributed by atoms with van der Waals surface area (Å²) in [5.41, 5.74) is 6.86. The third-order valence-electron chi connectivity index (χ3n) is 3.57.